The van der Waals surface area contributed by atoms with Gasteiger partial charge in [0.1, 0.15) is 0 Å². The molecule has 0 saturated heterocycles. The lowest BCUT2D eigenvalue weighted by molar-refractivity contribution is 0.403. The molecule has 0 bridgehead atoms. The first-order valence-corrected chi connectivity index (χ1v) is 7.49. The number of nitrogens with zero attached hydrogens (tertiary/aromatic N) is 2. The van der Waals surface area contributed by atoms with Crippen LogP contribution in [0.3, 0.4) is 0 Å². The van der Waals surface area contributed by atoms with Crippen LogP contribution in [-0.2, 0) is 5.75 Å². The first-order valence-electron chi connectivity index (χ1n) is 6.50. The summed E-state index contributed by atoms with van der Waals surface area (Å²) in [5.74, 6) is 0.319. The molecule has 0 saturated carbocycles. The summed E-state index contributed by atoms with van der Waals surface area (Å²) in [5, 5.41) is 21.9. The number of hydrogen-bond acceptors (Lipinski definition) is 5. The van der Waals surface area contributed by atoms with Crippen molar-refractivity contribution in [3.05, 3.63) is 53.6 Å². The van der Waals surface area contributed by atoms with Crippen LogP contribution >= 0.6 is 11.8 Å². The Morgan fingerprint density at radius 1 is 0.952 bits per heavy atom. The van der Waals surface area contributed by atoms with Crippen molar-refractivity contribution in [2.45, 2.75) is 17.8 Å². The molecule has 0 aliphatic heterocycles. The smallest absolute Gasteiger partial charge is 0.221 e. The highest BCUT2D eigenvalue weighted by Crippen LogP contribution is 2.28. The van der Waals surface area contributed by atoms with Gasteiger partial charge in [-0.05, 0) is 23.3 Å². The molecular formula is C16H14N2O2S. The highest BCUT2D eigenvalue weighted by Gasteiger charge is 2.09. The third kappa shape index (κ3) is 2.92. The van der Waals surface area contributed by atoms with Gasteiger partial charge < -0.3 is 10.2 Å². The molecule has 2 aromatic carbocycles. The predicted molar refractivity (Wildman–Crippen MR) is 83.6 cm³/mol. The molecule has 21 heavy (non-hydrogen) atoms. The number of hydrogen-bond donors (Lipinski definition) is 2. The second-order valence-electron chi connectivity index (χ2n) is 4.75. The molecule has 0 radical (unpaired) electrons. The van der Waals surface area contributed by atoms with Crippen molar-refractivity contribution in [1.82, 2.24) is 9.97 Å². The third-order valence-electron chi connectivity index (χ3n) is 3.26. The Bertz CT molecular complexity index is 782. The van der Waals surface area contributed by atoms with Crippen LogP contribution in [0.4, 0.5) is 0 Å². The normalized spacial score (nSPS) is 10.9. The van der Waals surface area contributed by atoms with Gasteiger partial charge in [0, 0.05) is 5.75 Å². The number of fused-ring (bicyclic) bond motifs is 1. The molecule has 0 fully saturated rings. The summed E-state index contributed by atoms with van der Waals surface area (Å²) >= 11 is 1.38. The summed E-state index contributed by atoms with van der Waals surface area (Å²) < 4.78 is 0. The minimum absolute atomic E-state index is 0.177. The topological polar surface area (TPSA) is 66.2 Å². The van der Waals surface area contributed by atoms with Crippen molar-refractivity contribution in [1.29, 1.82) is 0 Å². The van der Waals surface area contributed by atoms with Gasteiger partial charge in [-0.15, -0.1) is 0 Å². The zero-order valence-electron chi connectivity index (χ0n) is 11.4. The quantitative estimate of drug-likeness (QED) is 0.571. The summed E-state index contributed by atoms with van der Waals surface area (Å²) in [5.41, 5.74) is 1.44. The summed E-state index contributed by atoms with van der Waals surface area (Å²) in [6.45, 7) is 1.57. The van der Waals surface area contributed by atoms with Gasteiger partial charge in [-0.25, -0.2) is 0 Å². The first kappa shape index (κ1) is 13.7. The highest BCUT2D eigenvalue weighted by atomic mass is 32.2. The Morgan fingerprint density at radius 2 is 1.62 bits per heavy atom. The van der Waals surface area contributed by atoms with Gasteiger partial charge in [-0.2, -0.15) is 9.97 Å². The lowest BCUT2D eigenvalue weighted by Crippen LogP contribution is -1.91. The van der Waals surface area contributed by atoms with E-state index in [0.29, 0.717) is 16.5 Å². The fraction of sp³-hybridized carbons (Fsp3) is 0.125. The van der Waals surface area contributed by atoms with E-state index in [2.05, 4.69) is 40.3 Å². The van der Waals surface area contributed by atoms with E-state index < -0.39 is 0 Å². The Morgan fingerprint density at radius 3 is 2.33 bits per heavy atom. The third-order valence-corrected chi connectivity index (χ3v) is 4.17. The number of aromatic nitrogens is 2. The Balaban J connectivity index is 1.80. The molecule has 3 aromatic rings. The van der Waals surface area contributed by atoms with Gasteiger partial charge >= 0.3 is 0 Å². The van der Waals surface area contributed by atoms with Crippen LogP contribution in [0.25, 0.3) is 10.8 Å². The fourth-order valence-electron chi connectivity index (χ4n) is 2.01. The number of aromatic hydroxyl groups is 2. The minimum Gasteiger partial charge on any atom is -0.493 e. The molecule has 0 amide bonds. The van der Waals surface area contributed by atoms with Crippen molar-refractivity contribution >= 4 is 22.5 Å². The van der Waals surface area contributed by atoms with Crippen molar-refractivity contribution < 1.29 is 10.2 Å². The Labute approximate surface area is 126 Å². The van der Waals surface area contributed by atoms with E-state index in [4.69, 9.17) is 0 Å². The van der Waals surface area contributed by atoms with E-state index in [9.17, 15) is 10.2 Å². The molecule has 0 unspecified atom stereocenters. The predicted octanol–water partition coefficient (Wildman–Crippen LogP) is 3.64. The Hall–Kier alpha value is -2.27. The summed E-state index contributed by atoms with van der Waals surface area (Å²) in [6.07, 6.45) is 0. The standard InChI is InChI=1S/C16H14N2O2S/c1-10-14(19)17-16(18-15(10)20)21-9-11-6-7-12-4-2-3-5-13(12)8-11/h2-8H,9H2,1H3,(H2,17,18,19,20). The SMILES string of the molecule is Cc1c(O)nc(SCc2ccc3ccccc3c2)nc1O. The van der Waals surface area contributed by atoms with Crippen LogP contribution in [0.5, 0.6) is 11.8 Å². The van der Waals surface area contributed by atoms with Gasteiger partial charge in [-0.1, -0.05) is 54.2 Å². The van der Waals surface area contributed by atoms with E-state index in [1.807, 2.05) is 12.1 Å². The average Bonchev–Trinajstić information content (AvgIpc) is 2.50. The van der Waals surface area contributed by atoms with Crippen molar-refractivity contribution in [2.24, 2.45) is 0 Å². The molecule has 0 aliphatic rings. The van der Waals surface area contributed by atoms with E-state index in [1.165, 1.54) is 22.5 Å². The molecule has 0 aliphatic carbocycles. The van der Waals surface area contributed by atoms with Crippen LogP contribution in [-0.4, -0.2) is 20.2 Å². The summed E-state index contributed by atoms with van der Waals surface area (Å²) in [7, 11) is 0. The van der Waals surface area contributed by atoms with Crippen LogP contribution in [0, 0.1) is 6.92 Å². The van der Waals surface area contributed by atoms with E-state index >= 15 is 0 Å². The van der Waals surface area contributed by atoms with Crippen LogP contribution in [0.2, 0.25) is 0 Å². The molecule has 3 rings (SSSR count). The lowest BCUT2D eigenvalue weighted by Gasteiger charge is -2.05. The van der Waals surface area contributed by atoms with Gasteiger partial charge in [0.15, 0.2) is 5.16 Å². The highest BCUT2D eigenvalue weighted by molar-refractivity contribution is 7.98. The summed E-state index contributed by atoms with van der Waals surface area (Å²) in [6, 6.07) is 14.4. The van der Waals surface area contributed by atoms with Gasteiger partial charge in [0.05, 0.1) is 5.56 Å². The van der Waals surface area contributed by atoms with E-state index in [-0.39, 0.29) is 11.8 Å². The van der Waals surface area contributed by atoms with Crippen molar-refractivity contribution in [2.75, 3.05) is 0 Å². The maximum atomic E-state index is 9.60. The maximum Gasteiger partial charge on any atom is 0.221 e. The van der Waals surface area contributed by atoms with Gasteiger partial charge in [-0.3, -0.25) is 0 Å². The van der Waals surface area contributed by atoms with Gasteiger partial charge in [0.25, 0.3) is 0 Å². The molecule has 106 valence electrons. The summed E-state index contributed by atoms with van der Waals surface area (Å²) in [4.78, 5) is 7.92. The zero-order chi connectivity index (χ0) is 14.8. The van der Waals surface area contributed by atoms with Crippen molar-refractivity contribution in [3.63, 3.8) is 0 Å². The molecule has 0 spiro atoms. The van der Waals surface area contributed by atoms with E-state index in [1.54, 1.807) is 6.92 Å². The second kappa shape index (κ2) is 5.61. The largest absolute Gasteiger partial charge is 0.493 e. The molecular weight excluding hydrogens is 284 g/mol. The lowest BCUT2D eigenvalue weighted by atomic mass is 10.1. The molecule has 2 N–H and O–H groups in total. The fourth-order valence-corrected chi connectivity index (χ4v) is 2.79. The molecule has 0 atom stereocenters. The zero-order valence-corrected chi connectivity index (χ0v) is 12.3. The average molecular weight is 298 g/mol. The molecule has 4 nitrogen and oxygen atoms in total. The second-order valence-corrected chi connectivity index (χ2v) is 5.69. The number of benzene rings is 2. The van der Waals surface area contributed by atoms with Crippen LogP contribution < -0.4 is 0 Å². The van der Waals surface area contributed by atoms with Gasteiger partial charge in [0.2, 0.25) is 11.8 Å². The van der Waals surface area contributed by atoms with Crippen molar-refractivity contribution in [3.8, 4) is 11.8 Å². The molecule has 5 heteroatoms. The van der Waals surface area contributed by atoms with Crippen LogP contribution in [0.15, 0.2) is 47.6 Å². The molecule has 1 aromatic heterocycles. The van der Waals surface area contributed by atoms with Crippen LogP contribution in [0.1, 0.15) is 11.1 Å². The van der Waals surface area contributed by atoms with E-state index in [0.717, 1.165) is 5.56 Å². The minimum atomic E-state index is -0.177. The monoisotopic (exact) mass is 298 g/mol. The first-order chi connectivity index (χ1) is 10.1. The number of thioether (sulfide) groups is 1. The maximum absolute atomic E-state index is 9.60. The Kier molecular flexibility index (Phi) is 3.66. The number of rotatable bonds is 3. The molecule has 1 heterocycles.